The predicted octanol–water partition coefficient (Wildman–Crippen LogP) is 2.74. The van der Waals surface area contributed by atoms with E-state index >= 15 is 0 Å². The van der Waals surface area contributed by atoms with E-state index in [-0.39, 0.29) is 12.3 Å². The Balaban J connectivity index is 2.12. The number of aryl methyl sites for hydroxylation is 1. The number of benzene rings is 2. The lowest BCUT2D eigenvalue weighted by Gasteiger charge is -2.16. The molecule has 1 atom stereocenters. The molecule has 0 bridgehead atoms. The maximum Gasteiger partial charge on any atom is 0.330 e. The first-order chi connectivity index (χ1) is 11.5. The molecule has 2 N–H and O–H groups in total. The molecule has 126 valence electrons. The molecule has 1 unspecified atom stereocenters. The van der Waals surface area contributed by atoms with Gasteiger partial charge in [-0.15, -0.1) is 0 Å². The van der Waals surface area contributed by atoms with Crippen LogP contribution in [0.4, 0.5) is 0 Å². The number of rotatable bonds is 7. The maximum absolute atomic E-state index is 12.3. The van der Waals surface area contributed by atoms with E-state index in [1.165, 1.54) is 7.11 Å². The molecule has 0 aliphatic heterocycles. The molecule has 0 saturated heterocycles. The fourth-order valence-corrected chi connectivity index (χ4v) is 2.54. The summed E-state index contributed by atoms with van der Waals surface area (Å²) >= 11 is 0. The Morgan fingerprint density at radius 1 is 1.08 bits per heavy atom. The number of hydrogen-bond donors (Lipinski definition) is 2. The predicted molar refractivity (Wildman–Crippen MR) is 91.0 cm³/mol. The molecule has 2 aromatic carbocycles. The van der Waals surface area contributed by atoms with Crippen LogP contribution in [0.15, 0.2) is 48.5 Å². The summed E-state index contributed by atoms with van der Waals surface area (Å²) in [5.74, 6) is -0.789. The van der Waals surface area contributed by atoms with Gasteiger partial charge in [-0.1, -0.05) is 43.3 Å². The number of aliphatic carboxylic acids is 1. The lowest BCUT2D eigenvalue weighted by molar-refractivity contribution is -0.141. The minimum atomic E-state index is -1.10. The van der Waals surface area contributed by atoms with E-state index < -0.39 is 12.0 Å². The summed E-state index contributed by atoms with van der Waals surface area (Å²) in [6.45, 7) is 2.02. The zero-order valence-corrected chi connectivity index (χ0v) is 13.8. The standard InChI is InChI=1S/C19H21NO4/c1-3-13-6-4-5-7-15(13)12-17(21)20-18(19(22)23)14-8-10-16(24-2)11-9-14/h4-11,18H,3,12H2,1-2H3,(H,20,21)(H,22,23). The molecule has 0 spiro atoms. The van der Waals surface area contributed by atoms with E-state index in [0.29, 0.717) is 11.3 Å². The SMILES string of the molecule is CCc1ccccc1CC(=O)NC(C(=O)O)c1ccc(OC)cc1. The number of nitrogens with one attached hydrogen (secondary N) is 1. The summed E-state index contributed by atoms with van der Waals surface area (Å²) in [6, 6.07) is 13.2. The second kappa shape index (κ2) is 8.15. The minimum Gasteiger partial charge on any atom is -0.497 e. The second-order valence-electron chi connectivity index (χ2n) is 5.41. The highest BCUT2D eigenvalue weighted by Crippen LogP contribution is 2.18. The number of ether oxygens (including phenoxy) is 1. The molecule has 0 heterocycles. The summed E-state index contributed by atoms with van der Waals surface area (Å²) in [6.07, 6.45) is 0.980. The van der Waals surface area contributed by atoms with Crippen molar-refractivity contribution in [1.82, 2.24) is 5.32 Å². The molecule has 0 radical (unpaired) electrons. The van der Waals surface area contributed by atoms with Crippen molar-refractivity contribution in [1.29, 1.82) is 0 Å². The Morgan fingerprint density at radius 3 is 2.25 bits per heavy atom. The molecule has 0 fully saturated rings. The first kappa shape index (κ1) is 17.5. The minimum absolute atomic E-state index is 0.157. The van der Waals surface area contributed by atoms with Crippen molar-refractivity contribution < 1.29 is 19.4 Å². The summed E-state index contributed by atoms with van der Waals surface area (Å²) in [5, 5.41) is 12.0. The normalized spacial score (nSPS) is 11.6. The van der Waals surface area contributed by atoms with Crippen molar-refractivity contribution in [3.63, 3.8) is 0 Å². The topological polar surface area (TPSA) is 75.6 Å². The van der Waals surface area contributed by atoms with Gasteiger partial charge in [0.05, 0.1) is 13.5 Å². The molecular weight excluding hydrogens is 306 g/mol. The molecule has 2 aromatic rings. The number of carboxylic acid groups (broad SMARTS) is 1. The summed E-state index contributed by atoms with van der Waals surface area (Å²) in [7, 11) is 1.54. The van der Waals surface area contributed by atoms with Gasteiger partial charge in [-0.2, -0.15) is 0 Å². The van der Waals surface area contributed by atoms with Crippen molar-refractivity contribution in [2.45, 2.75) is 25.8 Å². The van der Waals surface area contributed by atoms with Gasteiger partial charge in [0.15, 0.2) is 6.04 Å². The van der Waals surface area contributed by atoms with Gasteiger partial charge in [-0.25, -0.2) is 4.79 Å². The number of carboxylic acids is 1. The van der Waals surface area contributed by atoms with Crippen molar-refractivity contribution in [2.24, 2.45) is 0 Å². The van der Waals surface area contributed by atoms with Crippen LogP contribution in [0.3, 0.4) is 0 Å². The molecule has 0 aliphatic carbocycles. The van der Waals surface area contributed by atoms with E-state index in [2.05, 4.69) is 5.32 Å². The molecule has 0 aliphatic rings. The lowest BCUT2D eigenvalue weighted by atomic mass is 10.0. The third-order valence-electron chi connectivity index (χ3n) is 3.85. The van der Waals surface area contributed by atoms with E-state index in [1.807, 2.05) is 31.2 Å². The van der Waals surface area contributed by atoms with Gasteiger partial charge in [-0.3, -0.25) is 4.79 Å². The largest absolute Gasteiger partial charge is 0.497 e. The van der Waals surface area contributed by atoms with Gasteiger partial charge < -0.3 is 15.2 Å². The van der Waals surface area contributed by atoms with E-state index in [4.69, 9.17) is 4.74 Å². The number of carbonyl (C=O) groups excluding carboxylic acids is 1. The van der Waals surface area contributed by atoms with Crippen molar-refractivity contribution >= 4 is 11.9 Å². The zero-order chi connectivity index (χ0) is 17.5. The van der Waals surface area contributed by atoms with Crippen LogP contribution in [-0.2, 0) is 22.4 Å². The first-order valence-electron chi connectivity index (χ1n) is 7.78. The van der Waals surface area contributed by atoms with Crippen LogP contribution in [0.25, 0.3) is 0 Å². The Hall–Kier alpha value is -2.82. The number of methoxy groups -OCH3 is 1. The van der Waals surface area contributed by atoms with Crippen LogP contribution in [0, 0.1) is 0 Å². The van der Waals surface area contributed by atoms with Crippen LogP contribution < -0.4 is 10.1 Å². The second-order valence-corrected chi connectivity index (χ2v) is 5.41. The highest BCUT2D eigenvalue weighted by Gasteiger charge is 2.22. The fraction of sp³-hybridized carbons (Fsp3) is 0.263. The number of hydrogen-bond acceptors (Lipinski definition) is 3. The Labute approximate surface area is 141 Å². The molecule has 0 aromatic heterocycles. The maximum atomic E-state index is 12.3. The van der Waals surface area contributed by atoms with Crippen LogP contribution >= 0.6 is 0 Å². The van der Waals surface area contributed by atoms with E-state index in [9.17, 15) is 14.7 Å². The molecule has 5 heteroatoms. The van der Waals surface area contributed by atoms with Gasteiger partial charge >= 0.3 is 5.97 Å². The molecule has 2 rings (SSSR count). The molecule has 0 saturated carbocycles. The fourth-order valence-electron chi connectivity index (χ4n) is 2.54. The number of amides is 1. The zero-order valence-electron chi connectivity index (χ0n) is 13.8. The molecular formula is C19H21NO4. The van der Waals surface area contributed by atoms with Crippen molar-refractivity contribution in [3.8, 4) is 5.75 Å². The Morgan fingerprint density at radius 2 is 1.71 bits per heavy atom. The smallest absolute Gasteiger partial charge is 0.330 e. The van der Waals surface area contributed by atoms with Gasteiger partial charge in [-0.05, 0) is 35.2 Å². The van der Waals surface area contributed by atoms with Gasteiger partial charge in [0, 0.05) is 0 Å². The van der Waals surface area contributed by atoms with E-state index in [0.717, 1.165) is 17.5 Å². The third kappa shape index (κ3) is 4.35. The van der Waals surface area contributed by atoms with Gasteiger partial charge in [0.2, 0.25) is 5.91 Å². The van der Waals surface area contributed by atoms with Crippen LogP contribution in [0.1, 0.15) is 29.7 Å². The van der Waals surface area contributed by atoms with Crippen LogP contribution in [0.5, 0.6) is 5.75 Å². The Kier molecular flexibility index (Phi) is 5.95. The monoisotopic (exact) mass is 327 g/mol. The average molecular weight is 327 g/mol. The first-order valence-corrected chi connectivity index (χ1v) is 7.78. The van der Waals surface area contributed by atoms with Gasteiger partial charge in [0.1, 0.15) is 5.75 Å². The molecule has 1 amide bonds. The highest BCUT2D eigenvalue weighted by atomic mass is 16.5. The average Bonchev–Trinajstić information content (AvgIpc) is 2.60. The Bertz CT molecular complexity index is 710. The van der Waals surface area contributed by atoms with Crippen molar-refractivity contribution in [2.75, 3.05) is 7.11 Å². The summed E-state index contributed by atoms with van der Waals surface area (Å²) in [5.41, 5.74) is 2.50. The highest BCUT2D eigenvalue weighted by molar-refractivity contribution is 5.86. The lowest BCUT2D eigenvalue weighted by Crippen LogP contribution is -2.34. The van der Waals surface area contributed by atoms with Crippen LogP contribution in [-0.4, -0.2) is 24.1 Å². The molecule has 5 nitrogen and oxygen atoms in total. The summed E-state index contributed by atoms with van der Waals surface area (Å²) in [4.78, 5) is 23.8. The van der Waals surface area contributed by atoms with Crippen molar-refractivity contribution in [3.05, 3.63) is 65.2 Å². The van der Waals surface area contributed by atoms with E-state index in [1.54, 1.807) is 24.3 Å². The summed E-state index contributed by atoms with van der Waals surface area (Å²) < 4.78 is 5.06. The molecule has 24 heavy (non-hydrogen) atoms. The number of carbonyl (C=O) groups is 2. The van der Waals surface area contributed by atoms with Gasteiger partial charge in [0.25, 0.3) is 0 Å². The van der Waals surface area contributed by atoms with Crippen LogP contribution in [0.2, 0.25) is 0 Å². The quantitative estimate of drug-likeness (QED) is 0.820. The third-order valence-corrected chi connectivity index (χ3v) is 3.85.